The predicted molar refractivity (Wildman–Crippen MR) is 102 cm³/mol. The number of rotatable bonds is 7. The molecule has 0 bridgehead atoms. The SMILES string of the molecule is Cc1cccc(OC(C)(C)C(=O)Nc2ccc(C(C)CC(=O)O)cc2)c1. The van der Waals surface area contributed by atoms with Gasteiger partial charge in [0, 0.05) is 5.69 Å². The number of hydrogen-bond acceptors (Lipinski definition) is 3. The number of hydrogen-bond donors (Lipinski definition) is 2. The van der Waals surface area contributed by atoms with Crippen molar-refractivity contribution in [2.24, 2.45) is 0 Å². The average Bonchev–Trinajstić information content (AvgIpc) is 2.54. The first-order valence-corrected chi connectivity index (χ1v) is 8.56. The summed E-state index contributed by atoms with van der Waals surface area (Å²) in [5.74, 6) is -0.531. The van der Waals surface area contributed by atoms with E-state index in [1.807, 2.05) is 50.2 Å². The molecule has 2 aromatic carbocycles. The van der Waals surface area contributed by atoms with E-state index in [0.29, 0.717) is 11.4 Å². The molecule has 138 valence electrons. The van der Waals surface area contributed by atoms with Gasteiger partial charge in [0.2, 0.25) is 0 Å². The van der Waals surface area contributed by atoms with Crippen LogP contribution < -0.4 is 10.1 Å². The Morgan fingerprint density at radius 3 is 2.38 bits per heavy atom. The number of carboxylic acids is 1. The Balaban J connectivity index is 2.02. The summed E-state index contributed by atoms with van der Waals surface area (Å²) in [5.41, 5.74) is 1.58. The number of anilines is 1. The smallest absolute Gasteiger partial charge is 0.303 e. The highest BCUT2D eigenvalue weighted by atomic mass is 16.5. The molecule has 1 atom stereocenters. The van der Waals surface area contributed by atoms with Crippen molar-refractivity contribution in [3.8, 4) is 5.75 Å². The number of carbonyl (C=O) groups is 2. The number of carboxylic acid groups (broad SMARTS) is 1. The quantitative estimate of drug-likeness (QED) is 0.773. The maximum atomic E-state index is 12.6. The van der Waals surface area contributed by atoms with E-state index in [-0.39, 0.29) is 18.2 Å². The fourth-order valence-corrected chi connectivity index (χ4v) is 2.58. The van der Waals surface area contributed by atoms with Crippen LogP contribution in [0.5, 0.6) is 5.75 Å². The van der Waals surface area contributed by atoms with Crippen molar-refractivity contribution < 1.29 is 19.4 Å². The van der Waals surface area contributed by atoms with Crippen LogP contribution in [0.4, 0.5) is 5.69 Å². The molecule has 2 aromatic rings. The van der Waals surface area contributed by atoms with E-state index in [9.17, 15) is 9.59 Å². The van der Waals surface area contributed by atoms with Crippen molar-refractivity contribution in [1.29, 1.82) is 0 Å². The van der Waals surface area contributed by atoms with E-state index in [1.54, 1.807) is 26.0 Å². The van der Waals surface area contributed by atoms with Crippen LogP contribution in [0, 0.1) is 6.92 Å². The van der Waals surface area contributed by atoms with Crippen LogP contribution in [-0.2, 0) is 9.59 Å². The van der Waals surface area contributed by atoms with Crippen molar-refractivity contribution in [1.82, 2.24) is 0 Å². The molecular weight excluding hydrogens is 330 g/mol. The molecule has 26 heavy (non-hydrogen) atoms. The molecule has 0 aliphatic rings. The third-order valence-electron chi connectivity index (χ3n) is 4.13. The molecule has 2 rings (SSSR count). The van der Waals surface area contributed by atoms with Crippen molar-refractivity contribution in [2.45, 2.75) is 45.6 Å². The number of ether oxygens (including phenoxy) is 1. The average molecular weight is 355 g/mol. The summed E-state index contributed by atoms with van der Waals surface area (Å²) in [6.45, 7) is 7.26. The highest BCUT2D eigenvalue weighted by Crippen LogP contribution is 2.23. The molecule has 0 aliphatic carbocycles. The van der Waals surface area contributed by atoms with Crippen molar-refractivity contribution >= 4 is 17.6 Å². The Morgan fingerprint density at radius 2 is 1.81 bits per heavy atom. The van der Waals surface area contributed by atoms with Gasteiger partial charge in [-0.2, -0.15) is 0 Å². The minimum absolute atomic E-state index is 0.0725. The molecule has 0 aromatic heterocycles. The molecule has 2 N–H and O–H groups in total. The van der Waals surface area contributed by atoms with E-state index in [0.717, 1.165) is 11.1 Å². The van der Waals surface area contributed by atoms with E-state index in [2.05, 4.69) is 5.32 Å². The zero-order chi connectivity index (χ0) is 19.3. The van der Waals surface area contributed by atoms with Crippen LogP contribution in [0.2, 0.25) is 0 Å². The number of carbonyl (C=O) groups excluding carboxylic acids is 1. The van der Waals surface area contributed by atoms with E-state index in [1.165, 1.54) is 0 Å². The lowest BCUT2D eigenvalue weighted by atomic mass is 9.97. The van der Waals surface area contributed by atoms with Gasteiger partial charge < -0.3 is 15.2 Å². The molecule has 0 saturated carbocycles. The monoisotopic (exact) mass is 355 g/mol. The van der Waals surface area contributed by atoms with Gasteiger partial charge in [0.15, 0.2) is 5.60 Å². The summed E-state index contributed by atoms with van der Waals surface area (Å²) in [4.78, 5) is 23.4. The van der Waals surface area contributed by atoms with Crippen molar-refractivity contribution in [3.05, 3.63) is 59.7 Å². The molecule has 5 nitrogen and oxygen atoms in total. The molecule has 0 aliphatic heterocycles. The lowest BCUT2D eigenvalue weighted by molar-refractivity contribution is -0.137. The normalized spacial score (nSPS) is 12.3. The first-order chi connectivity index (χ1) is 12.2. The molecule has 0 radical (unpaired) electrons. The summed E-state index contributed by atoms with van der Waals surface area (Å²) in [6, 6.07) is 14.8. The Bertz CT molecular complexity index is 781. The van der Waals surface area contributed by atoms with Gasteiger partial charge in [-0.1, -0.05) is 31.2 Å². The van der Waals surface area contributed by atoms with Gasteiger partial charge in [0.05, 0.1) is 6.42 Å². The fourth-order valence-electron chi connectivity index (χ4n) is 2.58. The van der Waals surface area contributed by atoms with Crippen LogP contribution in [0.15, 0.2) is 48.5 Å². The van der Waals surface area contributed by atoms with Gasteiger partial charge in [-0.3, -0.25) is 9.59 Å². The van der Waals surface area contributed by atoms with Crippen LogP contribution in [0.3, 0.4) is 0 Å². The highest BCUT2D eigenvalue weighted by molar-refractivity contribution is 5.97. The molecule has 1 unspecified atom stereocenters. The second-order valence-electron chi connectivity index (χ2n) is 7.00. The number of amides is 1. The van der Waals surface area contributed by atoms with Gasteiger partial charge in [-0.15, -0.1) is 0 Å². The van der Waals surface area contributed by atoms with Gasteiger partial charge >= 0.3 is 5.97 Å². The Morgan fingerprint density at radius 1 is 1.15 bits per heavy atom. The summed E-state index contributed by atoms with van der Waals surface area (Å²) >= 11 is 0. The molecule has 1 amide bonds. The van der Waals surface area contributed by atoms with Crippen LogP contribution in [0.1, 0.15) is 44.2 Å². The third kappa shape index (κ3) is 5.34. The van der Waals surface area contributed by atoms with Gasteiger partial charge in [0.25, 0.3) is 5.91 Å². The van der Waals surface area contributed by atoms with E-state index in [4.69, 9.17) is 9.84 Å². The van der Waals surface area contributed by atoms with Gasteiger partial charge in [0.1, 0.15) is 5.75 Å². The lowest BCUT2D eigenvalue weighted by Gasteiger charge is -2.25. The topological polar surface area (TPSA) is 75.6 Å². The third-order valence-corrected chi connectivity index (χ3v) is 4.13. The molecule has 5 heteroatoms. The molecule has 0 saturated heterocycles. The number of benzene rings is 2. The van der Waals surface area contributed by atoms with Gasteiger partial charge in [-0.05, 0) is 62.1 Å². The largest absolute Gasteiger partial charge is 0.481 e. The standard InChI is InChI=1S/C21H25NO4/c1-14-6-5-7-18(12-14)26-21(3,4)20(25)22-17-10-8-16(9-11-17)15(2)13-19(23)24/h5-12,15H,13H2,1-4H3,(H,22,25)(H,23,24). The van der Waals surface area contributed by atoms with E-state index >= 15 is 0 Å². The zero-order valence-corrected chi connectivity index (χ0v) is 15.6. The maximum Gasteiger partial charge on any atom is 0.303 e. The first-order valence-electron chi connectivity index (χ1n) is 8.56. The molecule has 0 fully saturated rings. The first kappa shape index (κ1) is 19.5. The van der Waals surface area contributed by atoms with Crippen molar-refractivity contribution in [3.63, 3.8) is 0 Å². The second kappa shape index (κ2) is 8.04. The zero-order valence-electron chi connectivity index (χ0n) is 15.6. The van der Waals surface area contributed by atoms with E-state index < -0.39 is 11.6 Å². The number of aliphatic carboxylic acids is 1. The van der Waals surface area contributed by atoms with Crippen LogP contribution in [-0.4, -0.2) is 22.6 Å². The Labute approximate surface area is 154 Å². The molecular formula is C21H25NO4. The maximum absolute atomic E-state index is 12.6. The summed E-state index contributed by atoms with van der Waals surface area (Å²) in [6.07, 6.45) is 0.0725. The summed E-state index contributed by atoms with van der Waals surface area (Å²) in [5, 5.41) is 11.7. The van der Waals surface area contributed by atoms with Crippen LogP contribution >= 0.6 is 0 Å². The Kier molecular flexibility index (Phi) is 6.03. The van der Waals surface area contributed by atoms with Crippen molar-refractivity contribution in [2.75, 3.05) is 5.32 Å². The second-order valence-corrected chi connectivity index (χ2v) is 7.00. The Hall–Kier alpha value is -2.82. The molecule has 0 spiro atoms. The highest BCUT2D eigenvalue weighted by Gasteiger charge is 2.30. The summed E-state index contributed by atoms with van der Waals surface area (Å²) in [7, 11) is 0. The van der Waals surface area contributed by atoms with Gasteiger partial charge in [-0.25, -0.2) is 0 Å². The fraction of sp³-hybridized carbons (Fsp3) is 0.333. The number of aryl methyl sites for hydroxylation is 1. The minimum atomic E-state index is -1.04. The molecule has 0 heterocycles. The number of nitrogens with one attached hydrogen (secondary N) is 1. The van der Waals surface area contributed by atoms with Crippen LogP contribution in [0.25, 0.3) is 0 Å². The lowest BCUT2D eigenvalue weighted by Crippen LogP contribution is -2.42. The predicted octanol–water partition coefficient (Wildman–Crippen LogP) is 4.37. The minimum Gasteiger partial charge on any atom is -0.481 e. The summed E-state index contributed by atoms with van der Waals surface area (Å²) < 4.78 is 5.85.